The number of amides is 2. The molecule has 0 unspecified atom stereocenters. The van der Waals surface area contributed by atoms with Gasteiger partial charge < -0.3 is 14.5 Å². The molecule has 0 aromatic rings. The highest BCUT2D eigenvalue weighted by Crippen LogP contribution is 1.99. The molecule has 2 amide bonds. The number of hydrogen-bond donors (Lipinski definition) is 1. The molecule has 82 valence electrons. The molecule has 0 saturated heterocycles. The fraction of sp³-hybridized carbons (Fsp3) is 0.750. The van der Waals surface area contributed by atoms with Gasteiger partial charge in [0.05, 0.1) is 7.11 Å². The van der Waals surface area contributed by atoms with Crippen molar-refractivity contribution < 1.29 is 19.2 Å². The molecule has 6 heteroatoms. The van der Waals surface area contributed by atoms with Crippen LogP contribution < -0.4 is 5.48 Å². The van der Waals surface area contributed by atoms with E-state index in [1.165, 1.54) is 12.0 Å². The van der Waals surface area contributed by atoms with Gasteiger partial charge in [0.25, 0.3) is 0 Å². The molecule has 0 heterocycles. The third-order valence-corrected chi connectivity index (χ3v) is 1.61. The van der Waals surface area contributed by atoms with Crippen LogP contribution in [-0.4, -0.2) is 36.8 Å². The minimum absolute atomic E-state index is 0.0203. The summed E-state index contributed by atoms with van der Waals surface area (Å²) in [6.45, 7) is 6.03. The minimum Gasteiger partial charge on any atom is -0.451 e. The van der Waals surface area contributed by atoms with Crippen molar-refractivity contribution in [3.63, 3.8) is 0 Å². The molecule has 0 aromatic carbocycles. The molecule has 0 fully saturated rings. The lowest BCUT2D eigenvalue weighted by molar-refractivity contribution is 0.0433. The molecule has 0 aliphatic carbocycles. The van der Waals surface area contributed by atoms with Crippen molar-refractivity contribution in [2.75, 3.05) is 13.7 Å². The van der Waals surface area contributed by atoms with Crippen molar-refractivity contribution in [1.82, 2.24) is 10.4 Å². The number of hydroxylamine groups is 1. The summed E-state index contributed by atoms with van der Waals surface area (Å²) < 4.78 is 4.23. The summed E-state index contributed by atoms with van der Waals surface area (Å²) in [4.78, 5) is 27.8. The number of nitrogens with one attached hydrogen (secondary N) is 1. The summed E-state index contributed by atoms with van der Waals surface area (Å²) in [5, 5.41) is 0. The van der Waals surface area contributed by atoms with Crippen LogP contribution in [0.4, 0.5) is 9.59 Å². The van der Waals surface area contributed by atoms with E-state index in [0.29, 0.717) is 6.54 Å². The number of methoxy groups -OCH3 is 1. The summed E-state index contributed by atoms with van der Waals surface area (Å²) in [5.41, 5.74) is 1.85. The van der Waals surface area contributed by atoms with E-state index in [4.69, 9.17) is 0 Å². The van der Waals surface area contributed by atoms with Crippen molar-refractivity contribution in [1.29, 1.82) is 0 Å². The average Bonchev–Trinajstić information content (AvgIpc) is 2.14. The van der Waals surface area contributed by atoms with Gasteiger partial charge in [-0.15, -0.1) is 5.48 Å². The highest BCUT2D eigenvalue weighted by molar-refractivity contribution is 5.72. The van der Waals surface area contributed by atoms with Crippen LogP contribution in [0.15, 0.2) is 0 Å². The number of ether oxygens (including phenoxy) is 1. The first kappa shape index (κ1) is 12.5. The Bertz CT molecular complexity index is 206. The smallest absolute Gasteiger partial charge is 0.440 e. The molecular weight excluding hydrogens is 188 g/mol. The second-order valence-electron chi connectivity index (χ2n) is 2.84. The third-order valence-electron chi connectivity index (χ3n) is 1.61. The SMILES string of the molecule is CCN(C(=O)ONC(=O)OC)C(C)C. The quantitative estimate of drug-likeness (QED) is 0.684. The predicted octanol–water partition coefficient (Wildman–Crippen LogP) is 1.12. The Hall–Kier alpha value is -1.46. The van der Waals surface area contributed by atoms with E-state index in [0.717, 1.165) is 0 Å². The molecule has 0 rings (SSSR count). The highest BCUT2D eigenvalue weighted by Gasteiger charge is 2.17. The van der Waals surface area contributed by atoms with E-state index < -0.39 is 12.2 Å². The van der Waals surface area contributed by atoms with Crippen LogP contribution in [0.2, 0.25) is 0 Å². The number of carbonyl (C=O) groups is 2. The molecule has 0 radical (unpaired) electrons. The van der Waals surface area contributed by atoms with Gasteiger partial charge in [-0.05, 0) is 20.8 Å². The molecule has 1 N–H and O–H groups in total. The van der Waals surface area contributed by atoms with E-state index in [2.05, 4.69) is 9.57 Å². The Morgan fingerprint density at radius 3 is 2.36 bits per heavy atom. The van der Waals surface area contributed by atoms with Crippen LogP contribution in [0.3, 0.4) is 0 Å². The fourth-order valence-electron chi connectivity index (χ4n) is 0.891. The van der Waals surface area contributed by atoms with E-state index >= 15 is 0 Å². The monoisotopic (exact) mass is 204 g/mol. The van der Waals surface area contributed by atoms with E-state index in [1.807, 2.05) is 26.3 Å². The third kappa shape index (κ3) is 3.97. The van der Waals surface area contributed by atoms with Crippen molar-refractivity contribution in [3.05, 3.63) is 0 Å². The average molecular weight is 204 g/mol. The first-order chi connectivity index (χ1) is 6.52. The van der Waals surface area contributed by atoms with Gasteiger partial charge in [-0.25, -0.2) is 9.59 Å². The number of nitrogens with zero attached hydrogens (tertiary/aromatic N) is 1. The molecule has 14 heavy (non-hydrogen) atoms. The Balaban J connectivity index is 3.99. The first-order valence-electron chi connectivity index (χ1n) is 4.34. The van der Waals surface area contributed by atoms with Crippen LogP contribution in [-0.2, 0) is 9.57 Å². The minimum atomic E-state index is -0.807. The van der Waals surface area contributed by atoms with Gasteiger partial charge >= 0.3 is 12.2 Å². The normalized spacial score (nSPS) is 9.50. The lowest BCUT2D eigenvalue weighted by atomic mass is 10.3. The Kier molecular flexibility index (Phi) is 5.43. The number of rotatable bonds is 2. The summed E-state index contributed by atoms with van der Waals surface area (Å²) in [6.07, 6.45) is -1.41. The molecule has 0 aliphatic heterocycles. The number of carbonyl (C=O) groups excluding carboxylic acids is 2. The van der Waals surface area contributed by atoms with Crippen LogP contribution >= 0.6 is 0 Å². The topological polar surface area (TPSA) is 67.9 Å². The van der Waals surface area contributed by atoms with Gasteiger partial charge in [-0.2, -0.15) is 0 Å². The summed E-state index contributed by atoms with van der Waals surface area (Å²) in [5.74, 6) is 0. The maximum Gasteiger partial charge on any atom is 0.440 e. The second-order valence-corrected chi connectivity index (χ2v) is 2.84. The second kappa shape index (κ2) is 6.06. The Labute approximate surface area is 83.1 Å². The lowest BCUT2D eigenvalue weighted by Crippen LogP contribution is -2.41. The number of hydrogen-bond acceptors (Lipinski definition) is 4. The van der Waals surface area contributed by atoms with Crippen molar-refractivity contribution in [2.24, 2.45) is 0 Å². The highest BCUT2D eigenvalue weighted by atomic mass is 16.7. The van der Waals surface area contributed by atoms with Crippen LogP contribution in [0, 0.1) is 0 Å². The van der Waals surface area contributed by atoms with Gasteiger partial charge in [-0.3, -0.25) is 0 Å². The van der Waals surface area contributed by atoms with Gasteiger partial charge in [0.2, 0.25) is 0 Å². The van der Waals surface area contributed by atoms with Gasteiger partial charge in [0.15, 0.2) is 0 Å². The molecular formula is C8H16N2O4. The maximum absolute atomic E-state index is 11.3. The van der Waals surface area contributed by atoms with Crippen LogP contribution in [0.25, 0.3) is 0 Å². The standard InChI is InChI=1S/C8H16N2O4/c1-5-10(6(2)3)8(12)14-9-7(11)13-4/h6H,5H2,1-4H3,(H,9,11). The maximum atomic E-state index is 11.3. The van der Waals surface area contributed by atoms with Gasteiger partial charge in [0, 0.05) is 12.6 Å². The van der Waals surface area contributed by atoms with Crippen LogP contribution in [0.1, 0.15) is 20.8 Å². The van der Waals surface area contributed by atoms with E-state index in [9.17, 15) is 9.59 Å². The molecule has 0 bridgehead atoms. The van der Waals surface area contributed by atoms with Crippen molar-refractivity contribution in [2.45, 2.75) is 26.8 Å². The Morgan fingerprint density at radius 1 is 1.43 bits per heavy atom. The molecule has 0 spiro atoms. The summed E-state index contributed by atoms with van der Waals surface area (Å²) >= 11 is 0. The van der Waals surface area contributed by atoms with E-state index in [-0.39, 0.29) is 6.04 Å². The van der Waals surface area contributed by atoms with Crippen molar-refractivity contribution in [3.8, 4) is 0 Å². The predicted molar refractivity (Wildman–Crippen MR) is 49.5 cm³/mol. The molecule has 0 saturated carbocycles. The molecule has 0 atom stereocenters. The molecule has 0 aliphatic rings. The van der Waals surface area contributed by atoms with Crippen LogP contribution in [0.5, 0.6) is 0 Å². The zero-order valence-corrected chi connectivity index (χ0v) is 8.86. The van der Waals surface area contributed by atoms with E-state index in [1.54, 1.807) is 0 Å². The van der Waals surface area contributed by atoms with Gasteiger partial charge in [-0.1, -0.05) is 0 Å². The summed E-state index contributed by atoms with van der Waals surface area (Å²) in [7, 11) is 1.18. The Morgan fingerprint density at radius 2 is 2.00 bits per heavy atom. The zero-order valence-electron chi connectivity index (χ0n) is 8.86. The largest absolute Gasteiger partial charge is 0.451 e. The molecule has 0 aromatic heterocycles. The summed E-state index contributed by atoms with van der Waals surface area (Å²) in [6, 6.07) is 0.0203. The fourth-order valence-corrected chi connectivity index (χ4v) is 0.891. The van der Waals surface area contributed by atoms with Gasteiger partial charge in [0.1, 0.15) is 0 Å². The molecule has 6 nitrogen and oxygen atoms in total. The lowest BCUT2D eigenvalue weighted by Gasteiger charge is -2.23. The van der Waals surface area contributed by atoms with Crippen molar-refractivity contribution >= 4 is 12.2 Å². The first-order valence-corrected chi connectivity index (χ1v) is 4.34. The zero-order chi connectivity index (χ0) is 11.1.